The van der Waals surface area contributed by atoms with Gasteiger partial charge in [0.1, 0.15) is 5.82 Å². The molecule has 0 bridgehead atoms. The van der Waals surface area contributed by atoms with E-state index in [1.54, 1.807) is 6.20 Å². The van der Waals surface area contributed by atoms with Crippen molar-refractivity contribution in [3.63, 3.8) is 0 Å². The Morgan fingerprint density at radius 2 is 2.07 bits per heavy atom. The molecule has 3 N–H and O–H groups in total. The number of amides is 1. The molecule has 1 aliphatic rings. The maximum atomic E-state index is 12.8. The van der Waals surface area contributed by atoms with Crippen molar-refractivity contribution in [2.24, 2.45) is 0 Å². The Morgan fingerprint density at radius 3 is 2.78 bits per heavy atom. The largest absolute Gasteiger partial charge is 0.383 e. The molecule has 3 aromatic rings. The summed E-state index contributed by atoms with van der Waals surface area (Å²) in [6.45, 7) is 3.72. The number of likely N-dealkylation sites (tertiary alicyclic amines) is 1. The summed E-state index contributed by atoms with van der Waals surface area (Å²) in [5.41, 5.74) is 9.55. The monoisotopic (exact) mass is 380 g/mol. The number of hydrogen-bond acceptors (Lipinski definition) is 4. The minimum absolute atomic E-state index is 0.155. The summed E-state index contributed by atoms with van der Waals surface area (Å²) in [4.78, 5) is 19.2. The fraction of sp³-hybridized carbons (Fsp3) is 0.238. The lowest BCUT2D eigenvalue weighted by molar-refractivity contribution is 0.0860. The number of aryl methyl sites for hydroxylation is 1. The number of benzene rings is 2. The molecular formula is C21H21ClN4O. The number of rotatable bonds is 3. The van der Waals surface area contributed by atoms with Crippen LogP contribution in [0.1, 0.15) is 15.9 Å². The van der Waals surface area contributed by atoms with E-state index in [9.17, 15) is 4.79 Å². The number of hydrogen-bond donors (Lipinski definition) is 2. The topological polar surface area (TPSA) is 71.2 Å². The van der Waals surface area contributed by atoms with Gasteiger partial charge in [-0.05, 0) is 42.6 Å². The van der Waals surface area contributed by atoms with E-state index in [4.69, 9.17) is 17.3 Å². The molecule has 2 heterocycles. The molecule has 1 aromatic heterocycles. The van der Waals surface area contributed by atoms with Crippen molar-refractivity contribution in [1.82, 2.24) is 15.2 Å². The first kappa shape index (κ1) is 17.8. The van der Waals surface area contributed by atoms with Crippen LogP contribution in [0.25, 0.3) is 21.9 Å². The number of anilines is 1. The fourth-order valence-electron chi connectivity index (χ4n) is 3.68. The van der Waals surface area contributed by atoms with Crippen LogP contribution in [0.15, 0.2) is 42.6 Å². The van der Waals surface area contributed by atoms with E-state index in [2.05, 4.69) is 15.2 Å². The van der Waals surface area contributed by atoms with Crippen LogP contribution in [-0.4, -0.2) is 42.0 Å². The number of fused-ring (bicyclic) bond motifs is 1. The zero-order chi connectivity index (χ0) is 19.1. The van der Waals surface area contributed by atoms with Gasteiger partial charge in [0.05, 0.1) is 11.6 Å². The Labute approximate surface area is 163 Å². The van der Waals surface area contributed by atoms with E-state index in [-0.39, 0.29) is 17.8 Å². The highest BCUT2D eigenvalue weighted by Crippen LogP contribution is 2.34. The van der Waals surface area contributed by atoms with Crippen molar-refractivity contribution in [3.8, 4) is 11.1 Å². The van der Waals surface area contributed by atoms with Crippen LogP contribution in [0, 0.1) is 6.92 Å². The first-order chi connectivity index (χ1) is 12.9. The van der Waals surface area contributed by atoms with E-state index < -0.39 is 0 Å². The minimum Gasteiger partial charge on any atom is -0.383 e. The third-order valence-electron chi connectivity index (χ3n) is 5.06. The standard InChI is InChI=1S/C21H21ClN4O/c1-12-4-3-5-17(22)18(12)13-6-7-16-14(8-13)9-24-20(23)19(16)21(27)25-15-10-26(2)11-15/h3-9,15H,10-11H2,1-2H3,(H2,23,24)(H,25,27). The number of likely N-dealkylation sites (N-methyl/N-ethyl adjacent to an activating group) is 1. The summed E-state index contributed by atoms with van der Waals surface area (Å²) in [6.07, 6.45) is 1.70. The first-order valence-corrected chi connectivity index (χ1v) is 9.25. The fourth-order valence-corrected chi connectivity index (χ4v) is 4.01. The number of halogens is 1. The highest BCUT2D eigenvalue weighted by Gasteiger charge is 2.26. The Bertz CT molecular complexity index is 1020. The molecule has 1 fully saturated rings. The highest BCUT2D eigenvalue weighted by atomic mass is 35.5. The number of nitrogens with zero attached hydrogens (tertiary/aromatic N) is 2. The average Bonchev–Trinajstić information content (AvgIpc) is 2.60. The van der Waals surface area contributed by atoms with E-state index in [0.717, 1.165) is 40.6 Å². The molecule has 0 atom stereocenters. The molecule has 1 amide bonds. The molecular weight excluding hydrogens is 360 g/mol. The van der Waals surface area contributed by atoms with Crippen LogP contribution < -0.4 is 11.1 Å². The van der Waals surface area contributed by atoms with Gasteiger partial charge in [-0.25, -0.2) is 4.98 Å². The molecule has 1 aliphatic heterocycles. The van der Waals surface area contributed by atoms with Crippen molar-refractivity contribution in [2.45, 2.75) is 13.0 Å². The average molecular weight is 381 g/mol. The smallest absolute Gasteiger partial charge is 0.255 e. The Morgan fingerprint density at radius 1 is 1.30 bits per heavy atom. The number of carbonyl (C=O) groups excluding carboxylic acids is 1. The lowest BCUT2D eigenvalue weighted by atomic mass is 9.96. The number of carbonyl (C=O) groups is 1. The first-order valence-electron chi connectivity index (χ1n) is 8.87. The van der Waals surface area contributed by atoms with Crippen LogP contribution in [-0.2, 0) is 0 Å². The highest BCUT2D eigenvalue weighted by molar-refractivity contribution is 6.33. The second-order valence-electron chi connectivity index (χ2n) is 7.14. The summed E-state index contributed by atoms with van der Waals surface area (Å²) in [7, 11) is 2.02. The van der Waals surface area contributed by atoms with Crippen molar-refractivity contribution in [1.29, 1.82) is 0 Å². The van der Waals surface area contributed by atoms with Crippen LogP contribution in [0.5, 0.6) is 0 Å². The molecule has 0 saturated carbocycles. The van der Waals surface area contributed by atoms with Crippen molar-refractivity contribution >= 4 is 34.1 Å². The summed E-state index contributed by atoms with van der Waals surface area (Å²) in [5, 5.41) is 5.39. The maximum absolute atomic E-state index is 12.8. The quantitative estimate of drug-likeness (QED) is 0.729. The van der Waals surface area contributed by atoms with E-state index >= 15 is 0 Å². The SMILES string of the molecule is Cc1cccc(Cl)c1-c1ccc2c(C(=O)NC3CN(C)C3)c(N)ncc2c1. The lowest BCUT2D eigenvalue weighted by Crippen LogP contribution is -2.57. The normalized spacial score (nSPS) is 14.9. The lowest BCUT2D eigenvalue weighted by Gasteiger charge is -2.36. The number of aromatic nitrogens is 1. The van der Waals surface area contributed by atoms with Crippen LogP contribution in [0.2, 0.25) is 5.02 Å². The van der Waals surface area contributed by atoms with Gasteiger partial charge >= 0.3 is 0 Å². The van der Waals surface area contributed by atoms with Gasteiger partial charge in [0.2, 0.25) is 0 Å². The summed E-state index contributed by atoms with van der Waals surface area (Å²) < 4.78 is 0. The number of pyridine rings is 1. The molecule has 0 unspecified atom stereocenters. The molecule has 0 radical (unpaired) electrons. The van der Waals surface area contributed by atoms with Gasteiger partial charge in [0.15, 0.2) is 0 Å². The number of nitrogen functional groups attached to an aromatic ring is 1. The van der Waals surface area contributed by atoms with Crippen molar-refractivity contribution in [2.75, 3.05) is 25.9 Å². The molecule has 138 valence electrons. The van der Waals surface area contributed by atoms with E-state index in [0.29, 0.717) is 10.6 Å². The van der Waals surface area contributed by atoms with Gasteiger partial charge in [-0.2, -0.15) is 0 Å². The zero-order valence-corrected chi connectivity index (χ0v) is 16.0. The van der Waals surface area contributed by atoms with Crippen LogP contribution in [0.3, 0.4) is 0 Å². The number of nitrogens with one attached hydrogen (secondary N) is 1. The summed E-state index contributed by atoms with van der Waals surface area (Å²) in [5.74, 6) is 0.0692. The zero-order valence-electron chi connectivity index (χ0n) is 15.3. The second-order valence-corrected chi connectivity index (χ2v) is 7.55. The molecule has 0 aliphatic carbocycles. The third-order valence-corrected chi connectivity index (χ3v) is 5.37. The van der Waals surface area contributed by atoms with E-state index in [1.165, 1.54) is 0 Å². The molecule has 4 rings (SSSR count). The van der Waals surface area contributed by atoms with Gasteiger partial charge in [-0.3, -0.25) is 4.79 Å². The third kappa shape index (κ3) is 3.24. The minimum atomic E-state index is -0.176. The predicted octanol–water partition coefficient (Wildman–Crippen LogP) is 3.49. The van der Waals surface area contributed by atoms with Gasteiger partial charge in [0.25, 0.3) is 5.91 Å². The predicted molar refractivity (Wildman–Crippen MR) is 110 cm³/mol. The summed E-state index contributed by atoms with van der Waals surface area (Å²) >= 11 is 6.41. The Balaban J connectivity index is 1.76. The van der Waals surface area contributed by atoms with Gasteiger partial charge < -0.3 is 16.0 Å². The van der Waals surface area contributed by atoms with Crippen molar-refractivity contribution < 1.29 is 4.79 Å². The molecule has 5 nitrogen and oxygen atoms in total. The van der Waals surface area contributed by atoms with Crippen LogP contribution in [0.4, 0.5) is 5.82 Å². The molecule has 6 heteroatoms. The molecule has 1 saturated heterocycles. The van der Waals surface area contributed by atoms with Gasteiger partial charge in [-0.15, -0.1) is 0 Å². The van der Waals surface area contributed by atoms with E-state index in [1.807, 2.05) is 50.4 Å². The van der Waals surface area contributed by atoms with Crippen LogP contribution >= 0.6 is 11.6 Å². The molecule has 27 heavy (non-hydrogen) atoms. The van der Waals surface area contributed by atoms with Crippen molar-refractivity contribution in [3.05, 3.63) is 58.7 Å². The molecule has 0 spiro atoms. The summed E-state index contributed by atoms with van der Waals surface area (Å²) in [6, 6.07) is 11.9. The number of nitrogens with two attached hydrogens (primary N) is 1. The Kier molecular flexibility index (Phi) is 4.50. The molecule has 2 aromatic carbocycles. The van der Waals surface area contributed by atoms with Gasteiger partial charge in [-0.1, -0.05) is 35.9 Å². The Hall–Kier alpha value is -2.63. The maximum Gasteiger partial charge on any atom is 0.255 e. The van der Waals surface area contributed by atoms with Gasteiger partial charge in [0, 0.05) is 35.3 Å². The second kappa shape index (κ2) is 6.83.